The molecule has 0 saturated carbocycles. The fourth-order valence-electron chi connectivity index (χ4n) is 1.64. The van der Waals surface area contributed by atoms with E-state index in [1.165, 1.54) is 0 Å². The number of aliphatic hydroxyl groups is 1. The van der Waals surface area contributed by atoms with Gasteiger partial charge in [0.25, 0.3) is 0 Å². The average Bonchev–Trinajstić information content (AvgIpc) is 2.25. The fourth-order valence-corrected chi connectivity index (χ4v) is 1.83. The zero-order valence-electron chi connectivity index (χ0n) is 10.2. The molecule has 1 aromatic rings. The summed E-state index contributed by atoms with van der Waals surface area (Å²) >= 11 is 5.82. The highest BCUT2D eigenvalue weighted by Gasteiger charge is 2.09. The van der Waals surface area contributed by atoms with E-state index in [0.717, 1.165) is 0 Å². The van der Waals surface area contributed by atoms with Crippen LogP contribution in [0.5, 0.6) is 0 Å². The largest absolute Gasteiger partial charge is 0.392 e. The summed E-state index contributed by atoms with van der Waals surface area (Å²) < 4.78 is 0. The Labute approximate surface area is 107 Å². The van der Waals surface area contributed by atoms with Crippen molar-refractivity contribution in [1.29, 1.82) is 0 Å². The SMILES string of the molecule is CC(O)CN(C)CCC(=O)c1cccc(Cl)c1. The molecular formula is C13H18ClNO2. The van der Waals surface area contributed by atoms with Gasteiger partial charge in [-0.05, 0) is 26.1 Å². The molecule has 0 aliphatic rings. The second-order valence-corrected chi connectivity index (χ2v) is 4.73. The number of hydrogen-bond acceptors (Lipinski definition) is 3. The number of halogens is 1. The van der Waals surface area contributed by atoms with Crippen LogP contribution in [0.1, 0.15) is 23.7 Å². The summed E-state index contributed by atoms with van der Waals surface area (Å²) in [6.07, 6.45) is 0.0603. The molecule has 0 fully saturated rings. The molecule has 1 unspecified atom stereocenters. The summed E-state index contributed by atoms with van der Waals surface area (Å²) in [7, 11) is 1.89. The Morgan fingerprint density at radius 3 is 2.82 bits per heavy atom. The van der Waals surface area contributed by atoms with Gasteiger partial charge in [-0.25, -0.2) is 0 Å². The van der Waals surface area contributed by atoms with Gasteiger partial charge in [0.1, 0.15) is 0 Å². The van der Waals surface area contributed by atoms with Crippen LogP contribution in [0.3, 0.4) is 0 Å². The van der Waals surface area contributed by atoms with Crippen molar-refractivity contribution in [3.63, 3.8) is 0 Å². The zero-order valence-corrected chi connectivity index (χ0v) is 10.9. The number of carbonyl (C=O) groups is 1. The maximum Gasteiger partial charge on any atom is 0.164 e. The lowest BCUT2D eigenvalue weighted by molar-refractivity contribution is 0.0948. The van der Waals surface area contributed by atoms with Crippen molar-refractivity contribution in [1.82, 2.24) is 4.90 Å². The van der Waals surface area contributed by atoms with E-state index in [4.69, 9.17) is 11.6 Å². The van der Waals surface area contributed by atoms with Crippen molar-refractivity contribution in [3.05, 3.63) is 34.9 Å². The molecule has 4 heteroatoms. The zero-order chi connectivity index (χ0) is 12.8. The summed E-state index contributed by atoms with van der Waals surface area (Å²) in [6, 6.07) is 6.97. The van der Waals surface area contributed by atoms with Gasteiger partial charge >= 0.3 is 0 Å². The van der Waals surface area contributed by atoms with E-state index in [1.807, 2.05) is 11.9 Å². The summed E-state index contributed by atoms with van der Waals surface area (Å²) in [4.78, 5) is 13.8. The van der Waals surface area contributed by atoms with Crippen molar-refractivity contribution in [2.45, 2.75) is 19.4 Å². The van der Waals surface area contributed by atoms with Crippen molar-refractivity contribution in [3.8, 4) is 0 Å². The van der Waals surface area contributed by atoms with Gasteiger partial charge < -0.3 is 10.0 Å². The third kappa shape index (κ3) is 5.31. The summed E-state index contributed by atoms with van der Waals surface area (Å²) in [5.41, 5.74) is 0.642. The summed E-state index contributed by atoms with van der Waals surface area (Å²) in [5, 5.41) is 9.77. The molecule has 1 aromatic carbocycles. The first-order valence-corrected chi connectivity index (χ1v) is 6.02. The highest BCUT2D eigenvalue weighted by Crippen LogP contribution is 2.12. The first-order chi connectivity index (χ1) is 7.99. The number of Topliss-reactive ketones (excluding diaryl/α,β-unsaturated/α-hetero) is 1. The minimum absolute atomic E-state index is 0.0740. The highest BCUT2D eigenvalue weighted by molar-refractivity contribution is 6.31. The Kier molecular flexibility index (Phi) is 5.62. The van der Waals surface area contributed by atoms with E-state index >= 15 is 0 Å². The van der Waals surface area contributed by atoms with E-state index < -0.39 is 0 Å². The second-order valence-electron chi connectivity index (χ2n) is 4.29. The lowest BCUT2D eigenvalue weighted by atomic mass is 10.1. The van der Waals surface area contributed by atoms with Gasteiger partial charge in [0.05, 0.1) is 6.10 Å². The minimum Gasteiger partial charge on any atom is -0.392 e. The van der Waals surface area contributed by atoms with E-state index in [1.54, 1.807) is 31.2 Å². The number of likely N-dealkylation sites (N-methyl/N-ethyl adjacent to an activating group) is 1. The molecule has 0 heterocycles. The Hall–Kier alpha value is -0.900. The molecule has 1 rings (SSSR count). The fraction of sp³-hybridized carbons (Fsp3) is 0.462. The van der Waals surface area contributed by atoms with Crippen molar-refractivity contribution in [2.75, 3.05) is 20.1 Å². The number of ketones is 1. The van der Waals surface area contributed by atoms with E-state index in [-0.39, 0.29) is 11.9 Å². The highest BCUT2D eigenvalue weighted by atomic mass is 35.5. The third-order valence-electron chi connectivity index (χ3n) is 2.44. The average molecular weight is 256 g/mol. The quantitative estimate of drug-likeness (QED) is 0.793. The molecule has 1 N–H and O–H groups in total. The Balaban J connectivity index is 2.45. The number of nitrogens with zero attached hydrogens (tertiary/aromatic N) is 1. The first kappa shape index (κ1) is 14.2. The molecule has 0 aliphatic carbocycles. The van der Waals surface area contributed by atoms with Gasteiger partial charge in [0.15, 0.2) is 5.78 Å². The standard InChI is InChI=1S/C13H18ClNO2/c1-10(16)9-15(2)7-6-13(17)11-4-3-5-12(14)8-11/h3-5,8,10,16H,6-7,9H2,1-2H3. The molecule has 0 saturated heterocycles. The summed E-state index contributed by atoms with van der Waals surface area (Å²) in [6.45, 7) is 2.94. The predicted molar refractivity (Wildman–Crippen MR) is 69.6 cm³/mol. The molecule has 0 bridgehead atoms. The van der Waals surface area contributed by atoms with Crippen LogP contribution in [0.4, 0.5) is 0 Å². The molecule has 0 aliphatic heterocycles. The number of rotatable bonds is 6. The van der Waals surface area contributed by atoms with Crippen molar-refractivity contribution >= 4 is 17.4 Å². The molecule has 17 heavy (non-hydrogen) atoms. The Bertz CT molecular complexity index is 379. The topological polar surface area (TPSA) is 40.5 Å². The Morgan fingerprint density at radius 1 is 1.53 bits per heavy atom. The van der Waals surface area contributed by atoms with Crippen molar-refractivity contribution in [2.24, 2.45) is 0 Å². The summed E-state index contributed by atoms with van der Waals surface area (Å²) in [5.74, 6) is 0.0740. The van der Waals surface area contributed by atoms with Crippen LogP contribution in [0, 0.1) is 0 Å². The molecule has 0 radical (unpaired) electrons. The van der Waals surface area contributed by atoms with Gasteiger partial charge in [-0.2, -0.15) is 0 Å². The maximum absolute atomic E-state index is 11.8. The smallest absolute Gasteiger partial charge is 0.164 e. The number of benzene rings is 1. The van der Waals surface area contributed by atoms with Crippen LogP contribution in [0.15, 0.2) is 24.3 Å². The van der Waals surface area contributed by atoms with Gasteiger partial charge in [-0.3, -0.25) is 4.79 Å². The Morgan fingerprint density at radius 2 is 2.24 bits per heavy atom. The van der Waals surface area contributed by atoms with E-state index in [9.17, 15) is 9.90 Å². The van der Waals surface area contributed by atoms with Crippen molar-refractivity contribution < 1.29 is 9.90 Å². The van der Waals surface area contributed by atoms with Crippen LogP contribution >= 0.6 is 11.6 Å². The van der Waals surface area contributed by atoms with Crippen LogP contribution in [0.2, 0.25) is 5.02 Å². The first-order valence-electron chi connectivity index (χ1n) is 5.64. The van der Waals surface area contributed by atoms with Crippen LogP contribution in [-0.4, -0.2) is 42.0 Å². The second kappa shape index (κ2) is 6.74. The van der Waals surface area contributed by atoms with Gasteiger partial charge in [0, 0.05) is 30.1 Å². The maximum atomic E-state index is 11.8. The van der Waals surface area contributed by atoms with E-state index in [2.05, 4.69) is 0 Å². The van der Waals surface area contributed by atoms with Gasteiger partial charge in [-0.1, -0.05) is 23.7 Å². The minimum atomic E-state index is -0.374. The number of aliphatic hydroxyl groups excluding tert-OH is 1. The molecule has 0 spiro atoms. The lowest BCUT2D eigenvalue weighted by Gasteiger charge is -2.17. The molecule has 0 amide bonds. The molecule has 94 valence electrons. The van der Waals surface area contributed by atoms with Gasteiger partial charge in [-0.15, -0.1) is 0 Å². The monoisotopic (exact) mass is 255 g/mol. The molecular weight excluding hydrogens is 238 g/mol. The molecule has 1 atom stereocenters. The van der Waals surface area contributed by atoms with Gasteiger partial charge in [0.2, 0.25) is 0 Å². The van der Waals surface area contributed by atoms with Crippen LogP contribution in [-0.2, 0) is 0 Å². The molecule has 0 aromatic heterocycles. The number of hydrogen-bond donors (Lipinski definition) is 1. The third-order valence-corrected chi connectivity index (χ3v) is 2.68. The molecule has 3 nitrogen and oxygen atoms in total. The normalized spacial score (nSPS) is 12.8. The predicted octanol–water partition coefficient (Wildman–Crippen LogP) is 2.23. The lowest BCUT2D eigenvalue weighted by Crippen LogP contribution is -2.29. The van der Waals surface area contributed by atoms with Crippen LogP contribution in [0.25, 0.3) is 0 Å². The van der Waals surface area contributed by atoms with Crippen LogP contribution < -0.4 is 0 Å². The number of carbonyl (C=O) groups excluding carboxylic acids is 1. The van der Waals surface area contributed by atoms with E-state index in [0.29, 0.717) is 30.1 Å².